The third kappa shape index (κ3) is 2.99. The van der Waals surface area contributed by atoms with Gasteiger partial charge in [-0.15, -0.1) is 0 Å². The molecule has 2 atom stereocenters. The summed E-state index contributed by atoms with van der Waals surface area (Å²) in [4.78, 5) is 21.1. The number of piperazine rings is 1. The van der Waals surface area contributed by atoms with Gasteiger partial charge in [-0.1, -0.05) is 30.3 Å². The summed E-state index contributed by atoms with van der Waals surface area (Å²) in [7, 11) is 0. The molecule has 24 heavy (non-hydrogen) atoms. The second kappa shape index (κ2) is 6.60. The molecule has 4 rings (SSSR count). The molecule has 1 aromatic heterocycles. The van der Waals surface area contributed by atoms with E-state index in [1.54, 1.807) is 0 Å². The Morgan fingerprint density at radius 3 is 2.58 bits per heavy atom. The lowest BCUT2D eigenvalue weighted by atomic mass is 10.1. The molecule has 0 spiro atoms. The molecule has 0 bridgehead atoms. The highest BCUT2D eigenvalue weighted by atomic mass is 16.2. The Morgan fingerprint density at radius 2 is 1.88 bits per heavy atom. The normalized spacial score (nSPS) is 24.3. The first-order valence-electron chi connectivity index (χ1n) is 8.51. The van der Waals surface area contributed by atoms with Crippen LogP contribution in [0.1, 0.15) is 24.4 Å². The molecular weight excluding hydrogens is 304 g/mol. The second-order valence-electron chi connectivity index (χ2n) is 6.38. The molecule has 7 heteroatoms. The van der Waals surface area contributed by atoms with Gasteiger partial charge in [-0.05, 0) is 18.4 Å². The highest BCUT2D eigenvalue weighted by molar-refractivity contribution is 5.82. The SMILES string of the molecule is O=C([C@H]1CC[C@H](c2ccccc2)N1)N1CCN(c2ncn[nH]2)CC1. The van der Waals surface area contributed by atoms with Crippen LogP contribution < -0.4 is 10.2 Å². The van der Waals surface area contributed by atoms with Gasteiger partial charge in [0.25, 0.3) is 0 Å². The number of anilines is 1. The topological polar surface area (TPSA) is 77.2 Å². The van der Waals surface area contributed by atoms with E-state index < -0.39 is 0 Å². The number of amides is 1. The van der Waals surface area contributed by atoms with Gasteiger partial charge in [-0.2, -0.15) is 10.1 Å². The zero-order chi connectivity index (χ0) is 16.4. The monoisotopic (exact) mass is 326 g/mol. The number of hydrogen-bond acceptors (Lipinski definition) is 5. The van der Waals surface area contributed by atoms with Crippen molar-refractivity contribution in [3.8, 4) is 0 Å². The average molecular weight is 326 g/mol. The number of carbonyl (C=O) groups is 1. The lowest BCUT2D eigenvalue weighted by Crippen LogP contribution is -2.53. The Kier molecular flexibility index (Phi) is 4.17. The minimum atomic E-state index is -0.0629. The molecule has 0 radical (unpaired) electrons. The fourth-order valence-electron chi connectivity index (χ4n) is 3.60. The summed E-state index contributed by atoms with van der Waals surface area (Å²) < 4.78 is 0. The Hall–Kier alpha value is -2.41. The van der Waals surface area contributed by atoms with Gasteiger partial charge in [0.1, 0.15) is 6.33 Å². The van der Waals surface area contributed by atoms with E-state index >= 15 is 0 Å². The number of benzene rings is 1. The van der Waals surface area contributed by atoms with Gasteiger partial charge in [-0.25, -0.2) is 5.10 Å². The zero-order valence-electron chi connectivity index (χ0n) is 13.6. The summed E-state index contributed by atoms with van der Waals surface area (Å²) >= 11 is 0. The number of aromatic nitrogens is 3. The number of nitrogens with one attached hydrogen (secondary N) is 2. The van der Waals surface area contributed by atoms with E-state index in [4.69, 9.17) is 0 Å². The molecule has 2 fully saturated rings. The van der Waals surface area contributed by atoms with Gasteiger partial charge in [0.15, 0.2) is 0 Å². The highest BCUT2D eigenvalue weighted by Crippen LogP contribution is 2.27. The summed E-state index contributed by atoms with van der Waals surface area (Å²) in [6.45, 7) is 3.03. The van der Waals surface area contributed by atoms with Crippen LogP contribution >= 0.6 is 0 Å². The van der Waals surface area contributed by atoms with Crippen molar-refractivity contribution in [2.24, 2.45) is 0 Å². The van der Waals surface area contributed by atoms with Crippen molar-refractivity contribution in [1.29, 1.82) is 0 Å². The first-order chi connectivity index (χ1) is 11.8. The van der Waals surface area contributed by atoms with E-state index in [-0.39, 0.29) is 18.0 Å². The number of nitrogens with zero attached hydrogens (tertiary/aromatic N) is 4. The third-order valence-electron chi connectivity index (χ3n) is 4.94. The minimum Gasteiger partial charge on any atom is -0.338 e. The number of H-pyrrole nitrogens is 1. The zero-order valence-corrected chi connectivity index (χ0v) is 13.6. The fourth-order valence-corrected chi connectivity index (χ4v) is 3.60. The van der Waals surface area contributed by atoms with E-state index in [2.05, 4.69) is 49.7 Å². The van der Waals surface area contributed by atoms with Gasteiger partial charge in [0, 0.05) is 32.2 Å². The Morgan fingerprint density at radius 1 is 1.08 bits per heavy atom. The van der Waals surface area contributed by atoms with E-state index in [0.717, 1.165) is 45.0 Å². The maximum Gasteiger partial charge on any atom is 0.239 e. The molecule has 0 saturated carbocycles. The quantitative estimate of drug-likeness (QED) is 0.878. The summed E-state index contributed by atoms with van der Waals surface area (Å²) in [6, 6.07) is 10.6. The lowest BCUT2D eigenvalue weighted by molar-refractivity contribution is -0.133. The molecule has 1 amide bonds. The van der Waals surface area contributed by atoms with Crippen LogP contribution in [0.4, 0.5) is 5.95 Å². The average Bonchev–Trinajstić information content (AvgIpc) is 3.34. The number of aromatic amines is 1. The van der Waals surface area contributed by atoms with Crippen molar-refractivity contribution in [2.45, 2.75) is 24.9 Å². The summed E-state index contributed by atoms with van der Waals surface area (Å²) in [6.07, 6.45) is 3.43. The van der Waals surface area contributed by atoms with Gasteiger partial charge < -0.3 is 9.80 Å². The van der Waals surface area contributed by atoms with E-state index in [9.17, 15) is 4.79 Å². The molecule has 2 aliphatic heterocycles. The van der Waals surface area contributed by atoms with E-state index in [1.807, 2.05) is 11.0 Å². The highest BCUT2D eigenvalue weighted by Gasteiger charge is 2.33. The third-order valence-corrected chi connectivity index (χ3v) is 4.94. The summed E-state index contributed by atoms with van der Waals surface area (Å²) in [5.41, 5.74) is 1.27. The predicted molar refractivity (Wildman–Crippen MR) is 90.5 cm³/mol. The minimum absolute atomic E-state index is 0.0629. The molecule has 126 valence electrons. The Labute approximate surface area is 141 Å². The molecule has 1 aromatic carbocycles. The van der Waals surface area contributed by atoms with Gasteiger partial charge in [0.05, 0.1) is 6.04 Å². The maximum absolute atomic E-state index is 12.8. The Balaban J connectivity index is 1.32. The standard InChI is InChI=1S/C17H22N6O/c24-16(15-7-6-14(20-15)13-4-2-1-3-5-13)22-8-10-23(11-9-22)17-18-12-19-21-17/h1-5,12,14-15,20H,6-11H2,(H,18,19,21)/t14-,15-/m1/s1. The van der Waals surface area contributed by atoms with Crippen molar-refractivity contribution in [2.75, 3.05) is 31.1 Å². The van der Waals surface area contributed by atoms with Crippen molar-refractivity contribution in [3.63, 3.8) is 0 Å². The fraction of sp³-hybridized carbons (Fsp3) is 0.471. The molecule has 2 aromatic rings. The second-order valence-corrected chi connectivity index (χ2v) is 6.38. The number of hydrogen-bond donors (Lipinski definition) is 2. The maximum atomic E-state index is 12.8. The van der Waals surface area contributed by atoms with Crippen LogP contribution in [0, 0.1) is 0 Å². The van der Waals surface area contributed by atoms with Crippen LogP contribution in [0.3, 0.4) is 0 Å². The van der Waals surface area contributed by atoms with Crippen LogP contribution in [-0.4, -0.2) is 58.2 Å². The van der Waals surface area contributed by atoms with Gasteiger partial charge >= 0.3 is 0 Å². The van der Waals surface area contributed by atoms with Crippen LogP contribution in [-0.2, 0) is 4.79 Å². The number of carbonyl (C=O) groups excluding carboxylic acids is 1. The Bertz CT molecular complexity index is 666. The summed E-state index contributed by atoms with van der Waals surface area (Å²) in [5.74, 6) is 1.01. The largest absolute Gasteiger partial charge is 0.338 e. The molecular formula is C17H22N6O. The van der Waals surface area contributed by atoms with E-state index in [0.29, 0.717) is 0 Å². The molecule has 2 saturated heterocycles. The first kappa shape index (κ1) is 15.1. The smallest absolute Gasteiger partial charge is 0.239 e. The summed E-state index contributed by atoms with van der Waals surface area (Å²) in [5, 5.41) is 10.3. The van der Waals surface area contributed by atoms with Crippen molar-refractivity contribution in [3.05, 3.63) is 42.2 Å². The van der Waals surface area contributed by atoms with Crippen molar-refractivity contribution < 1.29 is 4.79 Å². The molecule has 3 heterocycles. The van der Waals surface area contributed by atoms with Crippen molar-refractivity contribution >= 4 is 11.9 Å². The van der Waals surface area contributed by atoms with Crippen LogP contribution in [0.2, 0.25) is 0 Å². The molecule has 7 nitrogen and oxygen atoms in total. The van der Waals surface area contributed by atoms with Gasteiger partial charge in [-0.3, -0.25) is 10.1 Å². The molecule has 0 aliphatic carbocycles. The molecule has 2 N–H and O–H groups in total. The van der Waals surface area contributed by atoms with Crippen molar-refractivity contribution in [1.82, 2.24) is 25.4 Å². The van der Waals surface area contributed by atoms with E-state index in [1.165, 1.54) is 11.9 Å². The van der Waals surface area contributed by atoms with Crippen LogP contribution in [0.25, 0.3) is 0 Å². The lowest BCUT2D eigenvalue weighted by Gasteiger charge is -2.35. The number of rotatable bonds is 3. The predicted octanol–water partition coefficient (Wildman–Crippen LogP) is 0.947. The van der Waals surface area contributed by atoms with Crippen LogP contribution in [0.5, 0.6) is 0 Å². The van der Waals surface area contributed by atoms with Gasteiger partial charge in [0.2, 0.25) is 11.9 Å². The first-order valence-corrected chi connectivity index (χ1v) is 8.51. The van der Waals surface area contributed by atoms with Crippen LogP contribution in [0.15, 0.2) is 36.7 Å². The molecule has 2 aliphatic rings. The molecule has 0 unspecified atom stereocenters.